The van der Waals surface area contributed by atoms with Crippen molar-refractivity contribution in [1.82, 2.24) is 4.57 Å². The first-order valence-electron chi connectivity index (χ1n) is 11.3. The second-order valence-corrected chi connectivity index (χ2v) is 9.41. The van der Waals surface area contributed by atoms with E-state index in [2.05, 4.69) is 31.0 Å². The second kappa shape index (κ2) is 9.81. The van der Waals surface area contributed by atoms with Crippen molar-refractivity contribution in [2.45, 2.75) is 39.7 Å². The molecule has 1 aliphatic heterocycles. The molecule has 0 radical (unpaired) electrons. The summed E-state index contributed by atoms with van der Waals surface area (Å²) < 4.78 is 12.8. The average molecular weight is 477 g/mol. The number of fused-ring (bicyclic) bond motifs is 1. The number of hydrogen-bond acceptors (Lipinski definition) is 6. The van der Waals surface area contributed by atoms with Crippen LogP contribution in [0.5, 0.6) is 5.75 Å². The third kappa shape index (κ3) is 4.48. The van der Waals surface area contributed by atoms with Gasteiger partial charge in [0.05, 0.1) is 35.6 Å². The number of carbonyl (C=O) groups excluding carboxylic acids is 1. The van der Waals surface area contributed by atoms with Crippen molar-refractivity contribution in [3.8, 4) is 5.75 Å². The van der Waals surface area contributed by atoms with Gasteiger partial charge in [0.25, 0.3) is 5.56 Å². The summed E-state index contributed by atoms with van der Waals surface area (Å²) in [4.78, 5) is 31.7. The number of esters is 1. The molecule has 0 aliphatic carbocycles. The van der Waals surface area contributed by atoms with E-state index in [-0.39, 0.29) is 12.2 Å². The normalized spacial score (nSPS) is 15.8. The molecule has 2 heterocycles. The zero-order valence-electron chi connectivity index (χ0n) is 20.0. The molecule has 1 atom stereocenters. The minimum Gasteiger partial charge on any atom is -0.497 e. The molecule has 7 heteroatoms. The number of thiazole rings is 1. The van der Waals surface area contributed by atoms with Gasteiger partial charge in [-0.05, 0) is 54.7 Å². The van der Waals surface area contributed by atoms with Gasteiger partial charge in [0.2, 0.25) is 0 Å². The van der Waals surface area contributed by atoms with Crippen LogP contribution in [0.3, 0.4) is 0 Å². The first-order valence-corrected chi connectivity index (χ1v) is 12.1. The highest BCUT2D eigenvalue weighted by Gasteiger charge is 2.33. The van der Waals surface area contributed by atoms with Crippen molar-refractivity contribution >= 4 is 23.4 Å². The molecule has 1 aromatic heterocycles. The maximum absolute atomic E-state index is 13.6. The Kier molecular flexibility index (Phi) is 6.84. The fraction of sp³-hybridized carbons (Fsp3) is 0.296. The van der Waals surface area contributed by atoms with E-state index in [1.165, 1.54) is 16.9 Å². The summed E-state index contributed by atoms with van der Waals surface area (Å²) in [7, 11) is 1.60. The predicted molar refractivity (Wildman–Crippen MR) is 134 cm³/mol. The summed E-state index contributed by atoms with van der Waals surface area (Å²) in [6, 6.07) is 14.9. The summed E-state index contributed by atoms with van der Waals surface area (Å²) in [5.41, 5.74) is 3.70. The highest BCUT2D eigenvalue weighted by molar-refractivity contribution is 7.07. The van der Waals surface area contributed by atoms with Crippen molar-refractivity contribution in [3.05, 3.63) is 96.2 Å². The molecule has 0 amide bonds. The standard InChI is InChI=1S/C27H28N2O4S/c1-6-33-26(31)23-17(4)28-27-29(24(23)20-11-13-21(32-5)14-12-20)25(30)22(34-27)15-18-7-9-19(10-8-18)16(2)3/h7-16,24H,6H2,1-5H3/b22-15-/t24-/m1/s1. The quantitative estimate of drug-likeness (QED) is 0.506. The van der Waals surface area contributed by atoms with Crippen LogP contribution in [0.25, 0.3) is 6.08 Å². The number of methoxy groups -OCH3 is 1. The van der Waals surface area contributed by atoms with E-state index < -0.39 is 12.0 Å². The monoisotopic (exact) mass is 476 g/mol. The summed E-state index contributed by atoms with van der Waals surface area (Å²) in [5.74, 6) is 0.663. The highest BCUT2D eigenvalue weighted by Crippen LogP contribution is 2.31. The van der Waals surface area contributed by atoms with Crippen LogP contribution in [0.2, 0.25) is 0 Å². The molecule has 0 unspecified atom stereocenters. The average Bonchev–Trinajstić information content (AvgIpc) is 3.13. The Hall–Kier alpha value is -3.45. The van der Waals surface area contributed by atoms with Crippen molar-refractivity contribution in [3.63, 3.8) is 0 Å². The van der Waals surface area contributed by atoms with E-state index >= 15 is 0 Å². The van der Waals surface area contributed by atoms with Gasteiger partial charge in [0.1, 0.15) is 5.75 Å². The molecule has 0 saturated heterocycles. The number of benzene rings is 2. The molecule has 0 spiro atoms. The Bertz CT molecular complexity index is 1410. The number of aromatic nitrogens is 1. The summed E-state index contributed by atoms with van der Waals surface area (Å²) in [6.07, 6.45) is 1.88. The highest BCUT2D eigenvalue weighted by atomic mass is 32.1. The Morgan fingerprint density at radius 1 is 1.15 bits per heavy atom. The molecule has 0 bridgehead atoms. The van der Waals surface area contributed by atoms with Gasteiger partial charge in [0.15, 0.2) is 4.80 Å². The predicted octanol–water partition coefficient (Wildman–Crippen LogP) is 3.93. The zero-order valence-corrected chi connectivity index (χ0v) is 20.8. The van der Waals surface area contributed by atoms with Gasteiger partial charge in [-0.2, -0.15) is 0 Å². The fourth-order valence-corrected chi connectivity index (χ4v) is 5.07. The third-order valence-corrected chi connectivity index (χ3v) is 6.83. The first-order chi connectivity index (χ1) is 16.3. The smallest absolute Gasteiger partial charge is 0.338 e. The van der Waals surface area contributed by atoms with Crippen LogP contribution >= 0.6 is 11.3 Å². The van der Waals surface area contributed by atoms with E-state index in [9.17, 15) is 9.59 Å². The van der Waals surface area contributed by atoms with E-state index in [1.807, 2.05) is 42.5 Å². The van der Waals surface area contributed by atoms with Gasteiger partial charge in [-0.3, -0.25) is 9.36 Å². The number of ether oxygens (including phenoxy) is 2. The van der Waals surface area contributed by atoms with Gasteiger partial charge in [-0.1, -0.05) is 61.6 Å². The molecule has 0 N–H and O–H groups in total. The zero-order chi connectivity index (χ0) is 24.4. The maximum Gasteiger partial charge on any atom is 0.338 e. The number of hydrogen-bond donors (Lipinski definition) is 0. The third-order valence-electron chi connectivity index (χ3n) is 5.85. The SMILES string of the molecule is CCOC(=O)C1=C(C)N=c2s/c(=C\c3ccc(C(C)C)cc3)c(=O)n2[C@@H]1c1ccc(OC)cc1. The Morgan fingerprint density at radius 2 is 1.82 bits per heavy atom. The van der Waals surface area contributed by atoms with Crippen LogP contribution in [-0.2, 0) is 9.53 Å². The van der Waals surface area contributed by atoms with E-state index in [4.69, 9.17) is 9.47 Å². The lowest BCUT2D eigenvalue weighted by Gasteiger charge is -2.24. The Labute approximate surface area is 202 Å². The molecular formula is C27H28N2O4S. The van der Waals surface area contributed by atoms with Crippen molar-refractivity contribution in [2.75, 3.05) is 13.7 Å². The van der Waals surface area contributed by atoms with Gasteiger partial charge in [-0.15, -0.1) is 0 Å². The summed E-state index contributed by atoms with van der Waals surface area (Å²) in [5, 5.41) is 0. The van der Waals surface area contributed by atoms with Crippen LogP contribution in [0.15, 0.2) is 69.6 Å². The summed E-state index contributed by atoms with van der Waals surface area (Å²) >= 11 is 1.32. The summed E-state index contributed by atoms with van der Waals surface area (Å²) in [6.45, 7) is 8.08. The molecule has 1 aliphatic rings. The first kappa shape index (κ1) is 23.7. The molecule has 4 rings (SSSR count). The van der Waals surface area contributed by atoms with E-state index in [0.29, 0.717) is 32.3 Å². The molecule has 176 valence electrons. The van der Waals surface area contributed by atoms with Crippen LogP contribution in [0.1, 0.15) is 56.3 Å². The van der Waals surface area contributed by atoms with Crippen LogP contribution in [0, 0.1) is 0 Å². The minimum atomic E-state index is -0.633. The number of allylic oxidation sites excluding steroid dienone is 1. The maximum atomic E-state index is 13.6. The lowest BCUT2D eigenvalue weighted by molar-refractivity contribution is -0.139. The van der Waals surface area contributed by atoms with E-state index in [1.54, 1.807) is 25.5 Å². The molecule has 0 saturated carbocycles. The molecule has 2 aromatic carbocycles. The van der Waals surface area contributed by atoms with Gasteiger partial charge >= 0.3 is 5.97 Å². The molecule has 3 aromatic rings. The van der Waals surface area contributed by atoms with Crippen LogP contribution < -0.4 is 19.6 Å². The van der Waals surface area contributed by atoms with Gasteiger partial charge in [0, 0.05) is 0 Å². The minimum absolute atomic E-state index is 0.188. The Balaban J connectivity index is 1.89. The van der Waals surface area contributed by atoms with Crippen molar-refractivity contribution in [1.29, 1.82) is 0 Å². The topological polar surface area (TPSA) is 69.9 Å². The second-order valence-electron chi connectivity index (χ2n) is 8.40. The Morgan fingerprint density at radius 3 is 2.41 bits per heavy atom. The number of nitrogens with zero attached hydrogens (tertiary/aromatic N) is 2. The molecule has 34 heavy (non-hydrogen) atoms. The van der Waals surface area contributed by atoms with Crippen LogP contribution in [-0.4, -0.2) is 24.3 Å². The lowest BCUT2D eigenvalue weighted by atomic mass is 9.96. The molecule has 6 nitrogen and oxygen atoms in total. The van der Waals surface area contributed by atoms with Gasteiger partial charge in [-0.25, -0.2) is 9.79 Å². The number of rotatable bonds is 6. The van der Waals surface area contributed by atoms with Crippen molar-refractivity contribution in [2.24, 2.45) is 4.99 Å². The van der Waals surface area contributed by atoms with Gasteiger partial charge < -0.3 is 9.47 Å². The molecular weight excluding hydrogens is 448 g/mol. The van der Waals surface area contributed by atoms with Crippen LogP contribution in [0.4, 0.5) is 0 Å². The number of carbonyl (C=O) groups is 1. The fourth-order valence-electron chi connectivity index (χ4n) is 4.02. The van der Waals surface area contributed by atoms with E-state index in [0.717, 1.165) is 11.1 Å². The molecule has 0 fully saturated rings. The lowest BCUT2D eigenvalue weighted by Crippen LogP contribution is -2.39. The largest absolute Gasteiger partial charge is 0.497 e. The van der Waals surface area contributed by atoms with Crippen molar-refractivity contribution < 1.29 is 14.3 Å².